The number of aromatic nitrogens is 1. The maximum atomic E-state index is 11.5. The maximum Gasteiger partial charge on any atom is 0.287 e. The predicted octanol–water partition coefficient (Wildman–Crippen LogP) is 0.857. The summed E-state index contributed by atoms with van der Waals surface area (Å²) >= 11 is 0. The van der Waals surface area contributed by atoms with Gasteiger partial charge in [0.1, 0.15) is 12.0 Å². The first-order chi connectivity index (χ1) is 7.98. The van der Waals surface area contributed by atoms with Crippen LogP contribution in [-0.4, -0.2) is 38.7 Å². The summed E-state index contributed by atoms with van der Waals surface area (Å²) in [6.45, 7) is 1.01. The van der Waals surface area contributed by atoms with Crippen molar-refractivity contribution in [1.29, 1.82) is 4.78 Å². The van der Waals surface area contributed by atoms with Crippen LogP contribution >= 0.6 is 0 Å². The lowest BCUT2D eigenvalue weighted by Crippen LogP contribution is -2.40. The van der Waals surface area contributed by atoms with E-state index < -0.39 is 14.7 Å². The molecule has 1 aromatic heterocycles. The summed E-state index contributed by atoms with van der Waals surface area (Å²) in [5.41, 5.74) is -0.0463. The summed E-state index contributed by atoms with van der Waals surface area (Å²) in [7, 11) is -2.42. The van der Waals surface area contributed by atoms with Gasteiger partial charge in [-0.15, -0.1) is 0 Å². The lowest BCUT2D eigenvalue weighted by molar-refractivity contribution is -0.385. The molecule has 0 unspecified atom stereocenters. The van der Waals surface area contributed by atoms with Crippen molar-refractivity contribution in [2.24, 2.45) is 0 Å². The number of nitro groups is 1. The summed E-state index contributed by atoms with van der Waals surface area (Å²) in [5, 5.41) is 10.5. The van der Waals surface area contributed by atoms with Crippen LogP contribution in [0.2, 0.25) is 0 Å². The number of nitrogens with zero attached hydrogens (tertiary/aromatic N) is 3. The third-order valence-corrected chi connectivity index (χ3v) is 4.33. The van der Waals surface area contributed by atoms with E-state index in [0.717, 1.165) is 0 Å². The molecule has 0 saturated carbocycles. The third-order valence-electron chi connectivity index (χ3n) is 2.65. The van der Waals surface area contributed by atoms with Gasteiger partial charge in [0.15, 0.2) is 0 Å². The molecular weight excluding hydrogens is 244 g/mol. The van der Waals surface area contributed by atoms with E-state index in [1.165, 1.54) is 12.3 Å². The first-order valence-electron chi connectivity index (χ1n) is 5.07. The van der Waals surface area contributed by atoms with Crippen molar-refractivity contribution in [3.8, 4) is 0 Å². The van der Waals surface area contributed by atoms with Crippen molar-refractivity contribution in [1.82, 2.24) is 4.98 Å². The molecule has 92 valence electrons. The molecule has 1 N–H and O–H groups in total. The summed E-state index contributed by atoms with van der Waals surface area (Å²) in [6.07, 6.45) is 1.21. The van der Waals surface area contributed by atoms with E-state index >= 15 is 0 Å². The summed E-state index contributed by atoms with van der Waals surface area (Å²) in [4.78, 5) is 15.9. The van der Waals surface area contributed by atoms with Gasteiger partial charge in [0.2, 0.25) is 0 Å². The van der Waals surface area contributed by atoms with Crippen molar-refractivity contribution in [3.63, 3.8) is 0 Å². The highest BCUT2D eigenvalue weighted by Gasteiger charge is 2.20. The summed E-state index contributed by atoms with van der Waals surface area (Å²) in [6, 6.07) is 2.98. The summed E-state index contributed by atoms with van der Waals surface area (Å²) in [5.74, 6) is 1.28. The Kier molecular flexibility index (Phi) is 2.97. The molecule has 2 rings (SSSR count). The minimum Gasteiger partial charge on any atom is -0.355 e. The van der Waals surface area contributed by atoms with Crippen molar-refractivity contribution in [2.45, 2.75) is 0 Å². The van der Waals surface area contributed by atoms with Crippen LogP contribution < -0.4 is 4.90 Å². The molecule has 1 saturated heterocycles. The second-order valence-electron chi connectivity index (χ2n) is 3.84. The third kappa shape index (κ3) is 2.70. The Labute approximate surface area is 98.6 Å². The van der Waals surface area contributed by atoms with Crippen LogP contribution in [0.5, 0.6) is 0 Å². The molecule has 17 heavy (non-hydrogen) atoms. The van der Waals surface area contributed by atoms with Crippen LogP contribution in [0.15, 0.2) is 18.3 Å². The van der Waals surface area contributed by atoms with Crippen molar-refractivity contribution >= 4 is 21.2 Å². The Morgan fingerprint density at radius 3 is 2.53 bits per heavy atom. The van der Waals surface area contributed by atoms with Crippen LogP contribution in [0.1, 0.15) is 0 Å². The van der Waals surface area contributed by atoms with Gasteiger partial charge in [-0.2, -0.15) is 0 Å². The van der Waals surface area contributed by atoms with E-state index in [0.29, 0.717) is 30.4 Å². The summed E-state index contributed by atoms with van der Waals surface area (Å²) < 4.78 is 18.9. The topological polar surface area (TPSA) is 100 Å². The monoisotopic (exact) mass is 256 g/mol. The fourth-order valence-electron chi connectivity index (χ4n) is 1.63. The molecule has 2 heterocycles. The lowest BCUT2D eigenvalue weighted by atomic mass is 10.4. The Bertz CT molecular complexity index is 512. The van der Waals surface area contributed by atoms with Crippen LogP contribution in [0.3, 0.4) is 0 Å². The van der Waals surface area contributed by atoms with Gasteiger partial charge in [0, 0.05) is 40.4 Å². The smallest absolute Gasteiger partial charge is 0.287 e. The van der Waals surface area contributed by atoms with Crippen LogP contribution in [0.4, 0.5) is 11.5 Å². The average Bonchev–Trinajstić information content (AvgIpc) is 2.29. The molecule has 0 atom stereocenters. The normalized spacial score (nSPS) is 18.9. The molecule has 0 bridgehead atoms. The quantitative estimate of drug-likeness (QED) is 0.624. The van der Waals surface area contributed by atoms with Gasteiger partial charge in [-0.25, -0.2) is 9.19 Å². The Hall–Kier alpha value is -1.70. The van der Waals surface area contributed by atoms with Crippen molar-refractivity contribution in [2.75, 3.05) is 29.5 Å². The predicted molar refractivity (Wildman–Crippen MR) is 63.7 cm³/mol. The Balaban J connectivity index is 2.11. The van der Waals surface area contributed by atoms with Gasteiger partial charge in [0.05, 0.1) is 4.92 Å². The van der Waals surface area contributed by atoms with E-state index in [4.69, 9.17) is 4.78 Å². The zero-order valence-corrected chi connectivity index (χ0v) is 9.85. The minimum absolute atomic E-state index is 0.0463. The van der Waals surface area contributed by atoms with E-state index in [1.54, 1.807) is 6.07 Å². The number of anilines is 1. The second-order valence-corrected chi connectivity index (χ2v) is 6.28. The van der Waals surface area contributed by atoms with E-state index in [1.807, 2.05) is 4.90 Å². The first-order valence-corrected chi connectivity index (χ1v) is 6.97. The molecule has 1 aliphatic heterocycles. The van der Waals surface area contributed by atoms with Gasteiger partial charge in [-0.05, 0) is 6.07 Å². The Morgan fingerprint density at radius 1 is 1.41 bits per heavy atom. The zero-order valence-electron chi connectivity index (χ0n) is 9.04. The van der Waals surface area contributed by atoms with E-state index in [-0.39, 0.29) is 5.69 Å². The molecule has 8 heteroatoms. The first kappa shape index (κ1) is 11.8. The van der Waals surface area contributed by atoms with E-state index in [9.17, 15) is 14.3 Å². The van der Waals surface area contributed by atoms with E-state index in [2.05, 4.69) is 4.98 Å². The van der Waals surface area contributed by atoms with Gasteiger partial charge < -0.3 is 4.90 Å². The maximum absolute atomic E-state index is 11.5. The molecule has 1 fully saturated rings. The number of rotatable bonds is 2. The highest BCUT2D eigenvalue weighted by molar-refractivity contribution is 7.92. The molecule has 1 aromatic rings. The van der Waals surface area contributed by atoms with Gasteiger partial charge >= 0.3 is 0 Å². The SMILES string of the molecule is N=S1(=O)CCN(c2ccc([N+](=O)[O-])cn2)CC1. The van der Waals surface area contributed by atoms with Crippen molar-refractivity contribution < 1.29 is 9.13 Å². The molecule has 0 amide bonds. The number of hydrogen-bond acceptors (Lipinski definition) is 6. The van der Waals surface area contributed by atoms with Gasteiger partial charge in [-0.3, -0.25) is 14.9 Å². The highest BCUT2D eigenvalue weighted by Crippen LogP contribution is 2.17. The van der Waals surface area contributed by atoms with Gasteiger partial charge in [-0.1, -0.05) is 0 Å². The molecule has 7 nitrogen and oxygen atoms in total. The Morgan fingerprint density at radius 2 is 2.06 bits per heavy atom. The lowest BCUT2D eigenvalue weighted by Gasteiger charge is -2.28. The number of hydrogen-bond donors (Lipinski definition) is 1. The number of nitrogens with one attached hydrogen (secondary N) is 1. The van der Waals surface area contributed by atoms with Crippen LogP contribution in [0.25, 0.3) is 0 Å². The largest absolute Gasteiger partial charge is 0.355 e. The number of pyridine rings is 1. The fourth-order valence-corrected chi connectivity index (χ4v) is 2.87. The average molecular weight is 256 g/mol. The molecule has 0 spiro atoms. The molecular formula is C9H12N4O3S. The standard InChI is InChI=1S/C9H12N4O3S/c10-17(16)5-3-12(4-6-17)9-2-1-8(7-11-9)13(14)15/h1-2,7,10H,3-6H2. The molecule has 1 aliphatic rings. The molecule has 0 aromatic carbocycles. The fraction of sp³-hybridized carbons (Fsp3) is 0.444. The van der Waals surface area contributed by atoms with Crippen LogP contribution in [0, 0.1) is 14.9 Å². The molecule has 0 radical (unpaired) electrons. The molecule has 0 aliphatic carbocycles. The second kappa shape index (κ2) is 4.28. The minimum atomic E-state index is -2.42. The van der Waals surface area contributed by atoms with Crippen LogP contribution in [-0.2, 0) is 9.73 Å². The van der Waals surface area contributed by atoms with Crippen molar-refractivity contribution in [3.05, 3.63) is 28.4 Å². The zero-order chi connectivity index (χ0) is 12.5. The van der Waals surface area contributed by atoms with Gasteiger partial charge in [0.25, 0.3) is 5.69 Å². The highest BCUT2D eigenvalue weighted by atomic mass is 32.2.